The van der Waals surface area contributed by atoms with E-state index in [2.05, 4.69) is 11.4 Å². The van der Waals surface area contributed by atoms with Crippen LogP contribution in [0.2, 0.25) is 10.0 Å². The monoisotopic (exact) mass is 470 g/mol. The highest BCUT2D eigenvalue weighted by Crippen LogP contribution is 2.32. The van der Waals surface area contributed by atoms with Crippen molar-refractivity contribution in [2.45, 2.75) is 51.2 Å². The van der Waals surface area contributed by atoms with Crippen LogP contribution in [-0.4, -0.2) is 32.7 Å². The van der Waals surface area contributed by atoms with Gasteiger partial charge in [-0.15, -0.1) is 0 Å². The van der Waals surface area contributed by atoms with Gasteiger partial charge in [-0.2, -0.15) is 5.26 Å². The van der Waals surface area contributed by atoms with Crippen molar-refractivity contribution in [1.82, 2.24) is 14.9 Å². The predicted molar refractivity (Wildman–Crippen MR) is 125 cm³/mol. The first kappa shape index (κ1) is 22.6. The van der Waals surface area contributed by atoms with Gasteiger partial charge in [0, 0.05) is 24.5 Å². The molecule has 166 valence electrons. The van der Waals surface area contributed by atoms with Gasteiger partial charge >= 0.3 is 0 Å². The number of aryl methyl sites for hydroxylation is 2. The minimum atomic E-state index is -0.282. The molecule has 1 aliphatic rings. The lowest BCUT2D eigenvalue weighted by Gasteiger charge is -2.26. The van der Waals surface area contributed by atoms with Crippen molar-refractivity contribution in [2.24, 2.45) is 7.05 Å². The third kappa shape index (κ3) is 4.33. The Morgan fingerprint density at radius 2 is 2.00 bits per heavy atom. The molecule has 8 heteroatoms. The van der Waals surface area contributed by atoms with Gasteiger partial charge in [0.15, 0.2) is 0 Å². The number of hydrogen-bond donors (Lipinski definition) is 2. The van der Waals surface area contributed by atoms with Gasteiger partial charge in [-0.05, 0) is 68.0 Å². The number of nitrogens with zero attached hydrogens (tertiary/aromatic N) is 3. The smallest absolute Gasteiger partial charge is 0.253 e. The van der Waals surface area contributed by atoms with Gasteiger partial charge in [-0.25, -0.2) is 4.98 Å². The molecule has 0 radical (unpaired) electrons. The Morgan fingerprint density at radius 1 is 1.28 bits per heavy atom. The summed E-state index contributed by atoms with van der Waals surface area (Å²) in [6.45, 7) is 1.93. The molecule has 0 saturated heterocycles. The third-order valence-corrected chi connectivity index (χ3v) is 6.98. The van der Waals surface area contributed by atoms with Crippen LogP contribution in [0.4, 0.5) is 0 Å². The normalized spacial score (nSPS) is 18.5. The third-order valence-electron chi connectivity index (χ3n) is 6.20. The summed E-state index contributed by atoms with van der Waals surface area (Å²) >= 11 is 13.1. The van der Waals surface area contributed by atoms with E-state index in [1.54, 1.807) is 12.1 Å². The second-order valence-corrected chi connectivity index (χ2v) is 9.19. The van der Waals surface area contributed by atoms with Gasteiger partial charge < -0.3 is 15.0 Å². The fourth-order valence-corrected chi connectivity index (χ4v) is 4.89. The zero-order valence-corrected chi connectivity index (χ0v) is 19.5. The van der Waals surface area contributed by atoms with Crippen molar-refractivity contribution in [2.75, 3.05) is 0 Å². The van der Waals surface area contributed by atoms with Gasteiger partial charge in [-0.3, -0.25) is 4.79 Å². The molecule has 6 nitrogen and oxygen atoms in total. The summed E-state index contributed by atoms with van der Waals surface area (Å²) in [6, 6.07) is 9.15. The van der Waals surface area contributed by atoms with E-state index >= 15 is 0 Å². The van der Waals surface area contributed by atoms with Crippen molar-refractivity contribution in [3.05, 3.63) is 62.4 Å². The topological polar surface area (TPSA) is 90.9 Å². The van der Waals surface area contributed by atoms with Crippen LogP contribution in [0.25, 0.3) is 11.0 Å². The zero-order valence-electron chi connectivity index (χ0n) is 18.0. The van der Waals surface area contributed by atoms with Crippen molar-refractivity contribution >= 4 is 40.1 Å². The van der Waals surface area contributed by atoms with Gasteiger partial charge in [0.1, 0.15) is 5.82 Å². The highest BCUT2D eigenvalue weighted by molar-refractivity contribution is 6.38. The van der Waals surface area contributed by atoms with E-state index in [1.807, 2.05) is 30.7 Å². The Kier molecular flexibility index (Phi) is 6.43. The number of benzene rings is 2. The molecular weight excluding hydrogens is 447 g/mol. The van der Waals surface area contributed by atoms with Gasteiger partial charge in [0.05, 0.1) is 39.4 Å². The summed E-state index contributed by atoms with van der Waals surface area (Å²) in [7, 11) is 1.89. The number of carbonyl (C=O) groups excluding carboxylic acids is 1. The quantitative estimate of drug-likeness (QED) is 0.578. The van der Waals surface area contributed by atoms with Crippen LogP contribution in [0.5, 0.6) is 0 Å². The number of halogens is 2. The molecule has 0 unspecified atom stereocenters. The number of carbonyl (C=O) groups is 1. The number of aliphatic hydroxyl groups is 1. The van der Waals surface area contributed by atoms with Crippen LogP contribution < -0.4 is 5.32 Å². The molecule has 1 saturated carbocycles. The van der Waals surface area contributed by atoms with Crippen LogP contribution in [0.1, 0.15) is 58.6 Å². The van der Waals surface area contributed by atoms with Gasteiger partial charge in [0.2, 0.25) is 0 Å². The molecule has 1 aliphatic carbocycles. The molecule has 0 atom stereocenters. The van der Waals surface area contributed by atoms with Crippen LogP contribution >= 0.6 is 23.2 Å². The number of aliphatic hydroxyl groups excluding tert-OH is 1. The number of aromatic nitrogens is 2. The maximum absolute atomic E-state index is 12.9. The summed E-state index contributed by atoms with van der Waals surface area (Å²) in [6.07, 6.45) is 2.93. The van der Waals surface area contributed by atoms with E-state index in [-0.39, 0.29) is 18.1 Å². The zero-order chi connectivity index (χ0) is 23.0. The first-order valence-electron chi connectivity index (χ1n) is 10.6. The Labute approximate surface area is 196 Å². The van der Waals surface area contributed by atoms with E-state index in [0.717, 1.165) is 35.3 Å². The highest BCUT2D eigenvalue weighted by Gasteiger charge is 2.24. The lowest BCUT2D eigenvalue weighted by molar-refractivity contribution is 0.0867. The van der Waals surface area contributed by atoms with Crippen molar-refractivity contribution in [3.63, 3.8) is 0 Å². The molecule has 3 aromatic rings. The second kappa shape index (κ2) is 9.11. The summed E-state index contributed by atoms with van der Waals surface area (Å²) in [5.41, 5.74) is 4.19. The maximum Gasteiger partial charge on any atom is 0.253 e. The molecular formula is C24H24Cl2N4O2. The van der Waals surface area contributed by atoms with E-state index in [4.69, 9.17) is 28.2 Å². The minimum absolute atomic E-state index is 0.0261. The molecule has 0 spiro atoms. The highest BCUT2D eigenvalue weighted by atomic mass is 35.5. The number of nitriles is 1. The number of imidazole rings is 1. The fourth-order valence-electron chi connectivity index (χ4n) is 4.30. The molecule has 4 rings (SSSR count). The summed E-state index contributed by atoms with van der Waals surface area (Å²) in [4.78, 5) is 17.7. The molecule has 32 heavy (non-hydrogen) atoms. The maximum atomic E-state index is 12.9. The number of fused-ring (bicyclic) bond motifs is 1. The summed E-state index contributed by atoms with van der Waals surface area (Å²) < 4.78 is 1.93. The van der Waals surface area contributed by atoms with Crippen molar-refractivity contribution < 1.29 is 9.90 Å². The van der Waals surface area contributed by atoms with Crippen LogP contribution in [0.3, 0.4) is 0 Å². The van der Waals surface area contributed by atoms with Gasteiger partial charge in [-0.1, -0.05) is 23.2 Å². The van der Waals surface area contributed by atoms with Crippen LogP contribution in [0, 0.1) is 18.3 Å². The Balaban J connectivity index is 1.64. The Bertz CT molecular complexity index is 1240. The van der Waals surface area contributed by atoms with E-state index in [9.17, 15) is 15.2 Å². The average molecular weight is 471 g/mol. The standard InChI is InChI=1S/C24H24Cl2N4O2/c1-13-9-14(12-27)10-20-23(13)29-21(30(20)2)11-18-19(25)8-7-17(22(18)26)24(32)28-15-3-5-16(31)6-4-15/h7-10,15-16,31H,3-6,11H2,1-2H3,(H,28,32). The minimum Gasteiger partial charge on any atom is -0.393 e. The fraction of sp³-hybridized carbons (Fsp3) is 0.375. The number of hydrogen-bond acceptors (Lipinski definition) is 4. The van der Waals surface area contributed by atoms with Crippen molar-refractivity contribution in [3.8, 4) is 6.07 Å². The second-order valence-electron chi connectivity index (χ2n) is 8.40. The first-order valence-corrected chi connectivity index (χ1v) is 11.4. The Hall–Kier alpha value is -2.59. The average Bonchev–Trinajstić information content (AvgIpc) is 3.08. The molecule has 1 aromatic heterocycles. The van der Waals surface area contributed by atoms with E-state index in [1.165, 1.54) is 0 Å². The predicted octanol–water partition coefficient (Wildman–Crippen LogP) is 4.68. The molecule has 2 N–H and O–H groups in total. The van der Waals surface area contributed by atoms with E-state index < -0.39 is 0 Å². The van der Waals surface area contributed by atoms with Crippen LogP contribution in [-0.2, 0) is 13.5 Å². The molecule has 1 heterocycles. The van der Waals surface area contributed by atoms with E-state index in [0.29, 0.717) is 46.0 Å². The lowest BCUT2D eigenvalue weighted by atomic mass is 9.93. The number of rotatable bonds is 4. The summed E-state index contributed by atoms with van der Waals surface area (Å²) in [5.74, 6) is 0.495. The SMILES string of the molecule is Cc1cc(C#N)cc2c1nc(Cc1c(Cl)ccc(C(=O)NC3CCC(O)CC3)c1Cl)n2C. The largest absolute Gasteiger partial charge is 0.393 e. The summed E-state index contributed by atoms with van der Waals surface area (Å²) in [5, 5.41) is 22.8. The number of amides is 1. The van der Waals surface area contributed by atoms with Gasteiger partial charge in [0.25, 0.3) is 5.91 Å². The van der Waals surface area contributed by atoms with Crippen LogP contribution in [0.15, 0.2) is 24.3 Å². The first-order chi connectivity index (χ1) is 15.3. The van der Waals surface area contributed by atoms with Crippen molar-refractivity contribution in [1.29, 1.82) is 5.26 Å². The lowest BCUT2D eigenvalue weighted by Crippen LogP contribution is -2.38. The molecule has 0 bridgehead atoms. The molecule has 2 aromatic carbocycles. The molecule has 1 amide bonds. The molecule has 1 fully saturated rings. The number of nitrogens with one attached hydrogen (secondary N) is 1. The Morgan fingerprint density at radius 3 is 2.69 bits per heavy atom. The molecule has 0 aliphatic heterocycles.